The molecule has 0 saturated carbocycles. The molecule has 8 nitrogen and oxygen atoms in total. The number of rotatable bonds is 6. The number of aromatic nitrogens is 2. The zero-order chi connectivity index (χ0) is 19.7. The van der Waals surface area contributed by atoms with E-state index in [0.717, 1.165) is 5.69 Å². The molecule has 0 bridgehead atoms. The Balaban J connectivity index is 1.89. The van der Waals surface area contributed by atoms with Crippen LogP contribution in [-0.4, -0.2) is 44.3 Å². The van der Waals surface area contributed by atoms with Gasteiger partial charge in [0.1, 0.15) is 11.8 Å². The van der Waals surface area contributed by atoms with Gasteiger partial charge in [-0.3, -0.25) is 19.2 Å². The number of nitrogens with zero attached hydrogens (tertiary/aromatic N) is 3. The van der Waals surface area contributed by atoms with Gasteiger partial charge in [0.25, 0.3) is 5.91 Å². The maximum absolute atomic E-state index is 12.0. The first-order chi connectivity index (χ1) is 12.8. The number of hydrogen-bond acceptors (Lipinski definition) is 5. The number of aliphatic carboxylic acids is 1. The van der Waals surface area contributed by atoms with E-state index < -0.39 is 17.9 Å². The van der Waals surface area contributed by atoms with Gasteiger partial charge in [-0.05, 0) is 31.5 Å². The molecule has 0 spiro atoms. The summed E-state index contributed by atoms with van der Waals surface area (Å²) in [5, 5.41) is 14.0. The number of carboxylic acid groups (broad SMARTS) is 1. The lowest BCUT2D eigenvalue weighted by molar-refractivity contribution is -0.144. The Labute approximate surface area is 157 Å². The van der Waals surface area contributed by atoms with Gasteiger partial charge in [-0.15, -0.1) is 0 Å². The topological polar surface area (TPSA) is 111 Å². The lowest BCUT2D eigenvalue weighted by Gasteiger charge is -2.32. The van der Waals surface area contributed by atoms with Gasteiger partial charge in [-0.2, -0.15) is 5.10 Å². The van der Waals surface area contributed by atoms with Gasteiger partial charge in [-0.25, -0.2) is 0 Å². The van der Waals surface area contributed by atoms with Crippen molar-refractivity contribution in [3.63, 3.8) is 0 Å². The standard InChI is InChI=1S/C19H24N4O4/c1-11(2)27-13-6-4-12(5-7-13)17(19(25)26)23-9-8-15-14(10-23)16(18(20)24)21-22(15)3/h4-7,11,17H,8-10H2,1-3H3,(H2,20,24)(H,25,26). The zero-order valence-electron chi connectivity index (χ0n) is 15.7. The number of carboxylic acids is 1. The number of ether oxygens (including phenoxy) is 1. The molecule has 2 heterocycles. The Morgan fingerprint density at radius 3 is 2.48 bits per heavy atom. The SMILES string of the molecule is CC(C)Oc1ccc(C(C(=O)O)N2CCc3c(c(C(N)=O)nn3C)C2)cc1. The summed E-state index contributed by atoms with van der Waals surface area (Å²) < 4.78 is 7.28. The van der Waals surface area contributed by atoms with E-state index in [0.29, 0.717) is 36.4 Å². The first-order valence-corrected chi connectivity index (χ1v) is 8.86. The van der Waals surface area contributed by atoms with Crippen molar-refractivity contribution < 1.29 is 19.4 Å². The minimum Gasteiger partial charge on any atom is -0.491 e. The van der Waals surface area contributed by atoms with Crippen molar-refractivity contribution in [1.82, 2.24) is 14.7 Å². The number of hydrogen-bond donors (Lipinski definition) is 2. The molecule has 27 heavy (non-hydrogen) atoms. The van der Waals surface area contributed by atoms with E-state index >= 15 is 0 Å². The molecule has 1 aliphatic heterocycles. The Hall–Kier alpha value is -2.87. The van der Waals surface area contributed by atoms with Gasteiger partial charge in [0.05, 0.1) is 6.10 Å². The summed E-state index contributed by atoms with van der Waals surface area (Å²) in [7, 11) is 1.77. The van der Waals surface area contributed by atoms with Crippen LogP contribution in [0, 0.1) is 0 Å². The summed E-state index contributed by atoms with van der Waals surface area (Å²) in [4.78, 5) is 25.5. The summed E-state index contributed by atoms with van der Waals surface area (Å²) in [5.74, 6) is -0.849. The van der Waals surface area contributed by atoms with Crippen LogP contribution < -0.4 is 10.5 Å². The average Bonchev–Trinajstić information content (AvgIpc) is 2.93. The highest BCUT2D eigenvalue weighted by atomic mass is 16.5. The molecule has 3 N–H and O–H groups in total. The molecule has 0 fully saturated rings. The molecule has 8 heteroatoms. The summed E-state index contributed by atoms with van der Waals surface area (Å²) in [6, 6.07) is 6.26. The molecule has 0 radical (unpaired) electrons. The second kappa shape index (κ2) is 7.40. The number of fused-ring (bicyclic) bond motifs is 1. The molecule has 1 aromatic heterocycles. The maximum Gasteiger partial charge on any atom is 0.325 e. The predicted molar refractivity (Wildman–Crippen MR) is 98.4 cm³/mol. The Morgan fingerprint density at radius 2 is 1.93 bits per heavy atom. The Bertz CT molecular complexity index is 857. The van der Waals surface area contributed by atoms with Crippen molar-refractivity contribution in [2.24, 2.45) is 12.8 Å². The second-order valence-corrected chi connectivity index (χ2v) is 6.96. The van der Waals surface area contributed by atoms with Gasteiger partial charge >= 0.3 is 5.97 Å². The van der Waals surface area contributed by atoms with Crippen LogP contribution in [0.3, 0.4) is 0 Å². The lowest BCUT2D eigenvalue weighted by Crippen LogP contribution is -2.38. The minimum absolute atomic E-state index is 0.0458. The van der Waals surface area contributed by atoms with Crippen LogP contribution in [0.2, 0.25) is 0 Å². The third-order valence-corrected chi connectivity index (χ3v) is 4.67. The maximum atomic E-state index is 12.0. The van der Waals surface area contributed by atoms with E-state index in [1.165, 1.54) is 0 Å². The largest absolute Gasteiger partial charge is 0.491 e. The summed E-state index contributed by atoms with van der Waals surface area (Å²) in [5.41, 5.74) is 7.94. The van der Waals surface area contributed by atoms with E-state index in [2.05, 4.69) is 5.10 Å². The van der Waals surface area contributed by atoms with Gasteiger partial charge in [0.2, 0.25) is 0 Å². The highest BCUT2D eigenvalue weighted by Crippen LogP contribution is 2.30. The third-order valence-electron chi connectivity index (χ3n) is 4.67. The first kappa shape index (κ1) is 18.9. The van der Waals surface area contributed by atoms with E-state index in [1.807, 2.05) is 18.7 Å². The van der Waals surface area contributed by atoms with Crippen molar-refractivity contribution in [3.8, 4) is 5.75 Å². The third kappa shape index (κ3) is 3.80. The van der Waals surface area contributed by atoms with Crippen LogP contribution in [0.4, 0.5) is 0 Å². The summed E-state index contributed by atoms with van der Waals surface area (Å²) in [6.07, 6.45) is 0.647. The number of aryl methyl sites for hydroxylation is 1. The molecule has 1 unspecified atom stereocenters. The lowest BCUT2D eigenvalue weighted by atomic mass is 9.99. The number of nitrogens with two attached hydrogens (primary N) is 1. The molecule has 0 saturated heterocycles. The van der Waals surface area contributed by atoms with Crippen LogP contribution in [-0.2, 0) is 24.8 Å². The molecule has 2 aromatic rings. The highest BCUT2D eigenvalue weighted by molar-refractivity contribution is 5.92. The van der Waals surface area contributed by atoms with E-state index in [9.17, 15) is 14.7 Å². The molecular formula is C19H24N4O4. The van der Waals surface area contributed by atoms with Crippen molar-refractivity contribution in [3.05, 3.63) is 46.8 Å². The van der Waals surface area contributed by atoms with Crippen LogP contribution in [0.15, 0.2) is 24.3 Å². The molecule has 144 valence electrons. The smallest absolute Gasteiger partial charge is 0.325 e. The van der Waals surface area contributed by atoms with Crippen molar-refractivity contribution >= 4 is 11.9 Å². The van der Waals surface area contributed by atoms with E-state index in [-0.39, 0.29) is 11.8 Å². The second-order valence-electron chi connectivity index (χ2n) is 6.96. The number of primary amides is 1. The quantitative estimate of drug-likeness (QED) is 0.795. The fourth-order valence-corrected chi connectivity index (χ4v) is 3.54. The fourth-order valence-electron chi connectivity index (χ4n) is 3.54. The van der Waals surface area contributed by atoms with E-state index in [1.54, 1.807) is 36.0 Å². The molecule has 3 rings (SSSR count). The average molecular weight is 372 g/mol. The zero-order valence-corrected chi connectivity index (χ0v) is 15.7. The van der Waals surface area contributed by atoms with E-state index in [4.69, 9.17) is 10.5 Å². The van der Waals surface area contributed by atoms with Crippen LogP contribution in [0.25, 0.3) is 0 Å². The van der Waals surface area contributed by atoms with Gasteiger partial charge in [-0.1, -0.05) is 12.1 Å². The summed E-state index contributed by atoms with van der Waals surface area (Å²) in [6.45, 7) is 4.72. The van der Waals surface area contributed by atoms with Crippen molar-refractivity contribution in [2.45, 2.75) is 39.0 Å². The number of carbonyl (C=O) groups is 2. The minimum atomic E-state index is -0.944. The fraction of sp³-hybridized carbons (Fsp3) is 0.421. The van der Waals surface area contributed by atoms with Crippen LogP contribution >= 0.6 is 0 Å². The normalized spacial score (nSPS) is 15.4. The van der Waals surface area contributed by atoms with Crippen LogP contribution in [0.1, 0.15) is 47.2 Å². The number of benzene rings is 1. The molecule has 0 aliphatic carbocycles. The highest BCUT2D eigenvalue weighted by Gasteiger charge is 2.33. The molecule has 1 aromatic carbocycles. The molecule has 1 amide bonds. The first-order valence-electron chi connectivity index (χ1n) is 8.86. The number of amides is 1. The number of carbonyl (C=O) groups excluding carboxylic acids is 1. The molecular weight excluding hydrogens is 348 g/mol. The van der Waals surface area contributed by atoms with Gasteiger partial charge in [0.15, 0.2) is 5.69 Å². The van der Waals surface area contributed by atoms with Crippen LogP contribution in [0.5, 0.6) is 5.75 Å². The van der Waals surface area contributed by atoms with Crippen molar-refractivity contribution in [1.29, 1.82) is 0 Å². The Kier molecular flexibility index (Phi) is 5.18. The van der Waals surface area contributed by atoms with Crippen molar-refractivity contribution in [2.75, 3.05) is 6.54 Å². The van der Waals surface area contributed by atoms with Gasteiger partial charge < -0.3 is 15.6 Å². The Morgan fingerprint density at radius 1 is 1.26 bits per heavy atom. The van der Waals surface area contributed by atoms with Gasteiger partial charge in [0, 0.05) is 37.8 Å². The predicted octanol–water partition coefficient (Wildman–Crippen LogP) is 1.49. The summed E-state index contributed by atoms with van der Waals surface area (Å²) >= 11 is 0. The molecule has 1 atom stereocenters. The monoisotopic (exact) mass is 372 g/mol. The molecule has 1 aliphatic rings.